The third-order valence-corrected chi connectivity index (χ3v) is 6.28. The van der Waals surface area contributed by atoms with E-state index in [-0.39, 0.29) is 11.4 Å². The van der Waals surface area contributed by atoms with Crippen LogP contribution in [0.4, 0.5) is 0 Å². The number of nitrogens with one attached hydrogen (secondary N) is 1. The van der Waals surface area contributed by atoms with Crippen LogP contribution >= 0.6 is 0 Å². The van der Waals surface area contributed by atoms with Gasteiger partial charge in [-0.25, -0.2) is 13.1 Å². The van der Waals surface area contributed by atoms with Crippen molar-refractivity contribution in [3.8, 4) is 11.1 Å². The zero-order chi connectivity index (χ0) is 20.2. The molecular formula is C23H25NO3S. The first-order valence-corrected chi connectivity index (χ1v) is 10.8. The van der Waals surface area contributed by atoms with Crippen molar-refractivity contribution in [2.45, 2.75) is 30.8 Å². The Labute approximate surface area is 166 Å². The minimum Gasteiger partial charge on any atom is -0.384 e. The summed E-state index contributed by atoms with van der Waals surface area (Å²) in [6.45, 7) is 3.50. The van der Waals surface area contributed by atoms with Gasteiger partial charge in [-0.05, 0) is 47.7 Å². The molecule has 0 fully saturated rings. The molecule has 0 amide bonds. The van der Waals surface area contributed by atoms with E-state index >= 15 is 0 Å². The van der Waals surface area contributed by atoms with Gasteiger partial charge in [0, 0.05) is 6.54 Å². The summed E-state index contributed by atoms with van der Waals surface area (Å²) in [4.78, 5) is 0.194. The summed E-state index contributed by atoms with van der Waals surface area (Å²) in [7, 11) is -3.69. The number of hydrogen-bond acceptors (Lipinski definition) is 3. The Balaban J connectivity index is 1.72. The Morgan fingerprint density at radius 1 is 0.857 bits per heavy atom. The van der Waals surface area contributed by atoms with Crippen LogP contribution in [0.3, 0.4) is 0 Å². The molecule has 3 aromatic rings. The normalized spacial score (nSPS) is 13.8. The fraction of sp³-hybridized carbons (Fsp3) is 0.217. The molecule has 0 saturated heterocycles. The summed E-state index contributed by atoms with van der Waals surface area (Å²) in [5.41, 5.74) is 2.52. The first kappa shape index (κ1) is 20.3. The highest BCUT2D eigenvalue weighted by molar-refractivity contribution is 7.89. The topological polar surface area (TPSA) is 66.4 Å². The Hall–Kier alpha value is -2.47. The predicted molar refractivity (Wildman–Crippen MR) is 112 cm³/mol. The van der Waals surface area contributed by atoms with E-state index in [4.69, 9.17) is 0 Å². The van der Waals surface area contributed by atoms with Crippen molar-refractivity contribution in [1.82, 2.24) is 4.72 Å². The molecule has 28 heavy (non-hydrogen) atoms. The van der Waals surface area contributed by atoms with Gasteiger partial charge in [0.1, 0.15) is 5.60 Å². The number of aryl methyl sites for hydroxylation is 1. The second kappa shape index (κ2) is 8.27. The number of hydrogen-bond donors (Lipinski definition) is 2. The summed E-state index contributed by atoms with van der Waals surface area (Å²) in [6.07, 6.45) is 0.849. The molecule has 0 radical (unpaired) electrons. The molecule has 3 aromatic carbocycles. The van der Waals surface area contributed by atoms with Gasteiger partial charge in [0.15, 0.2) is 0 Å². The molecule has 1 unspecified atom stereocenters. The molecule has 3 rings (SSSR count). The molecule has 5 heteroatoms. The first-order chi connectivity index (χ1) is 13.3. The third-order valence-electron chi connectivity index (χ3n) is 4.86. The lowest BCUT2D eigenvalue weighted by atomic mass is 9.94. The number of sulfonamides is 1. The minimum absolute atomic E-state index is 0.116. The minimum atomic E-state index is -3.69. The lowest BCUT2D eigenvalue weighted by Crippen LogP contribution is -2.38. The number of rotatable bonds is 7. The molecule has 0 saturated carbocycles. The van der Waals surface area contributed by atoms with Crippen molar-refractivity contribution in [1.29, 1.82) is 0 Å². The van der Waals surface area contributed by atoms with E-state index in [0.29, 0.717) is 5.56 Å². The van der Waals surface area contributed by atoms with Crippen LogP contribution in [0.25, 0.3) is 11.1 Å². The van der Waals surface area contributed by atoms with Gasteiger partial charge < -0.3 is 5.11 Å². The molecule has 0 heterocycles. The van der Waals surface area contributed by atoms with E-state index in [1.165, 1.54) is 0 Å². The van der Waals surface area contributed by atoms with Crippen LogP contribution in [0.5, 0.6) is 0 Å². The fourth-order valence-corrected chi connectivity index (χ4v) is 4.11. The average molecular weight is 396 g/mol. The zero-order valence-electron chi connectivity index (χ0n) is 16.1. The maximum absolute atomic E-state index is 12.5. The van der Waals surface area contributed by atoms with Crippen LogP contribution in [-0.2, 0) is 22.0 Å². The van der Waals surface area contributed by atoms with E-state index in [1.807, 2.05) is 61.5 Å². The summed E-state index contributed by atoms with van der Waals surface area (Å²) in [5.74, 6) is 0. The van der Waals surface area contributed by atoms with Crippen molar-refractivity contribution < 1.29 is 13.5 Å². The molecule has 0 spiro atoms. The van der Waals surface area contributed by atoms with Crippen molar-refractivity contribution in [3.63, 3.8) is 0 Å². The molecule has 2 N–H and O–H groups in total. The van der Waals surface area contributed by atoms with E-state index in [0.717, 1.165) is 23.1 Å². The quantitative estimate of drug-likeness (QED) is 0.633. The van der Waals surface area contributed by atoms with Gasteiger partial charge in [-0.1, -0.05) is 73.7 Å². The van der Waals surface area contributed by atoms with E-state index in [9.17, 15) is 13.5 Å². The molecular weight excluding hydrogens is 370 g/mol. The maximum atomic E-state index is 12.5. The van der Waals surface area contributed by atoms with Crippen LogP contribution < -0.4 is 4.72 Å². The predicted octanol–water partition coefficient (Wildman–Crippen LogP) is 4.10. The lowest BCUT2D eigenvalue weighted by Gasteiger charge is -2.24. The van der Waals surface area contributed by atoms with Gasteiger partial charge in [0.05, 0.1) is 4.90 Å². The molecule has 146 valence electrons. The second-order valence-electron chi connectivity index (χ2n) is 7.04. The standard InChI is InChI=1S/C23H25NO3S/c1-3-18-9-15-22(16-10-18)28(26,27)24-17-23(2,25)21-13-11-20(12-14-21)19-7-5-4-6-8-19/h4-16,24-25H,3,17H2,1-2H3. The molecule has 4 nitrogen and oxygen atoms in total. The van der Waals surface area contributed by atoms with Gasteiger partial charge in [-0.2, -0.15) is 0 Å². The largest absolute Gasteiger partial charge is 0.384 e. The molecule has 0 aromatic heterocycles. The highest BCUT2D eigenvalue weighted by atomic mass is 32.2. The van der Waals surface area contributed by atoms with Gasteiger partial charge in [0.25, 0.3) is 0 Å². The monoisotopic (exact) mass is 395 g/mol. The van der Waals surface area contributed by atoms with Gasteiger partial charge in [0.2, 0.25) is 10.0 Å². The molecule has 1 atom stereocenters. The number of aliphatic hydroxyl groups is 1. The molecule has 0 aliphatic heterocycles. The Bertz CT molecular complexity index is 1010. The molecule has 0 aliphatic carbocycles. The average Bonchev–Trinajstić information content (AvgIpc) is 2.73. The summed E-state index contributed by atoms with van der Waals surface area (Å²) in [6, 6.07) is 24.2. The zero-order valence-corrected chi connectivity index (χ0v) is 16.9. The summed E-state index contributed by atoms with van der Waals surface area (Å²) >= 11 is 0. The van der Waals surface area contributed by atoms with Gasteiger partial charge in [-0.15, -0.1) is 0 Å². The maximum Gasteiger partial charge on any atom is 0.240 e. The molecule has 0 bridgehead atoms. The first-order valence-electron chi connectivity index (χ1n) is 9.29. The van der Waals surface area contributed by atoms with Crippen molar-refractivity contribution in [3.05, 3.63) is 90.0 Å². The van der Waals surface area contributed by atoms with E-state index in [1.54, 1.807) is 31.2 Å². The smallest absolute Gasteiger partial charge is 0.240 e. The Morgan fingerprint density at radius 2 is 1.43 bits per heavy atom. The highest BCUT2D eigenvalue weighted by Crippen LogP contribution is 2.25. The summed E-state index contributed by atoms with van der Waals surface area (Å²) in [5, 5.41) is 10.8. The lowest BCUT2D eigenvalue weighted by molar-refractivity contribution is 0.0627. The Kier molecular flexibility index (Phi) is 5.98. The fourth-order valence-electron chi connectivity index (χ4n) is 2.98. The van der Waals surface area contributed by atoms with Crippen LogP contribution in [0, 0.1) is 0 Å². The van der Waals surface area contributed by atoms with Crippen LogP contribution in [0.1, 0.15) is 25.0 Å². The molecule has 0 aliphatic rings. The van der Waals surface area contributed by atoms with Crippen molar-refractivity contribution in [2.24, 2.45) is 0 Å². The van der Waals surface area contributed by atoms with E-state index < -0.39 is 15.6 Å². The van der Waals surface area contributed by atoms with Gasteiger partial charge >= 0.3 is 0 Å². The second-order valence-corrected chi connectivity index (χ2v) is 8.81. The third kappa shape index (κ3) is 4.68. The Morgan fingerprint density at radius 3 is 2.00 bits per heavy atom. The van der Waals surface area contributed by atoms with Crippen molar-refractivity contribution in [2.75, 3.05) is 6.54 Å². The highest BCUT2D eigenvalue weighted by Gasteiger charge is 2.26. The van der Waals surface area contributed by atoms with Crippen molar-refractivity contribution >= 4 is 10.0 Å². The van der Waals surface area contributed by atoms with Crippen LogP contribution in [0.15, 0.2) is 83.8 Å². The summed E-state index contributed by atoms with van der Waals surface area (Å²) < 4.78 is 27.6. The van der Waals surface area contributed by atoms with Gasteiger partial charge in [-0.3, -0.25) is 0 Å². The van der Waals surface area contributed by atoms with E-state index in [2.05, 4.69) is 4.72 Å². The SMILES string of the molecule is CCc1ccc(S(=O)(=O)NCC(C)(O)c2ccc(-c3ccccc3)cc2)cc1. The van der Waals surface area contributed by atoms with Crippen LogP contribution in [0.2, 0.25) is 0 Å². The van der Waals surface area contributed by atoms with Crippen LogP contribution in [-0.4, -0.2) is 20.1 Å². The number of benzene rings is 3.